The first-order valence-electron chi connectivity index (χ1n) is 7.22. The first-order chi connectivity index (χ1) is 11.7. The van der Waals surface area contributed by atoms with E-state index in [1.54, 1.807) is 0 Å². The molecule has 25 heavy (non-hydrogen) atoms. The molecule has 1 aliphatic rings. The van der Waals surface area contributed by atoms with Crippen molar-refractivity contribution in [2.75, 3.05) is 18.7 Å². The van der Waals surface area contributed by atoms with Gasteiger partial charge in [0.05, 0.1) is 0 Å². The van der Waals surface area contributed by atoms with Gasteiger partial charge in [0.25, 0.3) is 0 Å². The molecule has 0 aliphatic carbocycles. The van der Waals surface area contributed by atoms with Gasteiger partial charge in [0.15, 0.2) is 0 Å². The molecule has 2 heterocycles. The monoisotopic (exact) mass is 378 g/mol. The summed E-state index contributed by atoms with van der Waals surface area (Å²) in [6.07, 6.45) is -0.166. The van der Waals surface area contributed by atoms with Gasteiger partial charge < -0.3 is 0 Å². The molecule has 1 aliphatic heterocycles. The van der Waals surface area contributed by atoms with Crippen molar-refractivity contribution in [2.24, 2.45) is 0 Å². The van der Waals surface area contributed by atoms with E-state index in [4.69, 9.17) is 25.2 Å². The van der Waals surface area contributed by atoms with Crippen LogP contribution in [0.25, 0.3) is 0 Å². The van der Waals surface area contributed by atoms with E-state index in [-0.39, 0.29) is 25.3 Å². The minimum absolute atomic E-state index is 0.0891. The Bertz CT molecular complexity index is 703. The average molecular weight is 378 g/mol. The molecule has 0 saturated carbocycles. The summed E-state index contributed by atoms with van der Waals surface area (Å²) in [7, 11) is -3.75. The van der Waals surface area contributed by atoms with Crippen molar-refractivity contribution < 1.29 is 34.0 Å². The van der Waals surface area contributed by atoms with E-state index >= 15 is 0 Å². The first kappa shape index (κ1) is 19.2. The van der Waals surface area contributed by atoms with Crippen molar-refractivity contribution in [1.82, 2.24) is 14.6 Å². The number of ether oxygens (including phenoxy) is 1. The van der Waals surface area contributed by atoms with E-state index in [1.165, 1.54) is 16.8 Å². The molecule has 0 aromatic carbocycles. The van der Waals surface area contributed by atoms with E-state index in [2.05, 4.69) is 10.1 Å². The molecule has 0 unspecified atom stereocenters. The normalized spacial score (nSPS) is 22.0. The van der Waals surface area contributed by atoms with Crippen molar-refractivity contribution in [3.63, 3.8) is 0 Å². The maximum absolute atomic E-state index is 11.7. The third-order valence-corrected chi connectivity index (χ3v) is 5.40. The summed E-state index contributed by atoms with van der Waals surface area (Å²) in [5.41, 5.74) is 4.83. The number of carboxylic acids is 2. The number of aromatic nitrogens is 2. The number of nitrogen functional groups attached to an aromatic ring is 1. The molecule has 1 saturated heterocycles. The van der Waals surface area contributed by atoms with Gasteiger partial charge in [-0.2, -0.15) is 0 Å². The van der Waals surface area contributed by atoms with Gasteiger partial charge >= 0.3 is 141 Å². The summed E-state index contributed by atoms with van der Waals surface area (Å²) in [4.78, 5) is 47.3. The van der Waals surface area contributed by atoms with Gasteiger partial charge in [-0.15, -0.1) is 0 Å². The van der Waals surface area contributed by atoms with Gasteiger partial charge in [0, 0.05) is 0 Å². The molecule has 1 fully saturated rings. The summed E-state index contributed by atoms with van der Waals surface area (Å²) in [6.45, 7) is 0.0000273. The van der Waals surface area contributed by atoms with Crippen molar-refractivity contribution in [1.29, 1.82) is 0 Å². The number of nitrogens with zero attached hydrogens (tertiary/aromatic N) is 2. The molecule has 140 valence electrons. The topological polar surface area (TPSA) is 186 Å². The molecule has 6 N–H and O–H groups in total. The zero-order valence-electron chi connectivity index (χ0n) is 13.0. The van der Waals surface area contributed by atoms with Crippen LogP contribution in [0.1, 0.15) is 6.42 Å². The summed E-state index contributed by atoms with van der Waals surface area (Å²) < 4.78 is 12.0. The Balaban J connectivity index is 1.94. The molecular weight excluding hydrogens is 359 g/mol. The molecule has 12 nitrogen and oxygen atoms in total. The van der Waals surface area contributed by atoms with E-state index < -0.39 is 44.1 Å². The third kappa shape index (κ3) is 5.44. The molecule has 1 aromatic rings. The minimum atomic E-state index is -3.75. The SMILES string of the molecule is Nc1ccn(C[C@H]2CO[PH](O)(N[C@@H](CC(=O)O)C(=O)O)CO2)c(=O)n1. The van der Waals surface area contributed by atoms with E-state index in [0.717, 1.165) is 0 Å². The zero-order chi connectivity index (χ0) is 18.6. The predicted octanol–water partition coefficient (Wildman–Crippen LogP) is -1.80. The van der Waals surface area contributed by atoms with E-state index in [9.17, 15) is 19.3 Å². The Labute approximate surface area is 141 Å². The van der Waals surface area contributed by atoms with Crippen molar-refractivity contribution >= 4 is 25.6 Å². The molecule has 0 spiro atoms. The number of aliphatic carboxylic acids is 2. The molecule has 2 atom stereocenters. The van der Waals surface area contributed by atoms with Crippen LogP contribution in [0.15, 0.2) is 17.1 Å². The first-order valence-corrected chi connectivity index (χ1v) is 9.28. The quantitative estimate of drug-likeness (QED) is 0.337. The van der Waals surface area contributed by atoms with Gasteiger partial charge in [0.2, 0.25) is 0 Å². The van der Waals surface area contributed by atoms with E-state index in [1.807, 2.05) is 0 Å². The van der Waals surface area contributed by atoms with Crippen molar-refractivity contribution in [3.05, 3.63) is 22.7 Å². The fourth-order valence-corrected chi connectivity index (χ4v) is 4.13. The maximum atomic E-state index is 11.7. The van der Waals surface area contributed by atoms with Gasteiger partial charge in [-0.05, 0) is 0 Å². The second-order valence-electron chi connectivity index (χ2n) is 5.45. The Kier molecular flexibility index (Phi) is 6.03. The average Bonchev–Trinajstić information content (AvgIpc) is 2.51. The number of hydrogen-bond donors (Lipinski definition) is 5. The second kappa shape index (κ2) is 7.85. The Morgan fingerprint density at radius 1 is 1.52 bits per heavy atom. The third-order valence-electron chi connectivity index (χ3n) is 3.40. The van der Waals surface area contributed by atoms with Gasteiger partial charge in [0.1, 0.15) is 0 Å². The number of rotatable bonds is 7. The Morgan fingerprint density at radius 3 is 2.76 bits per heavy atom. The van der Waals surface area contributed by atoms with E-state index in [0.29, 0.717) is 0 Å². The molecule has 2 rings (SSSR count). The number of hydrogen-bond acceptors (Lipinski definition) is 9. The second-order valence-corrected chi connectivity index (χ2v) is 7.88. The standard InChI is InChI=1S/C12H19N4O8P/c13-9-1-2-16(12(21)14-9)4-7-5-24-25(22,6-23-7)15-8(11(19)20)3-10(17)18/h1-2,7-8,15,22,25H,3-6H2,(H,17,18)(H,19,20)(H2,13,14,21)/t7-,8-/m0/s1. The molecule has 0 amide bonds. The van der Waals surface area contributed by atoms with Crippen LogP contribution in [-0.2, 0) is 25.4 Å². The summed E-state index contributed by atoms with van der Waals surface area (Å²) in [5, 5.41) is 20.0. The fraction of sp³-hybridized carbons (Fsp3) is 0.500. The van der Waals surface area contributed by atoms with Crippen LogP contribution in [0.3, 0.4) is 0 Å². The molecular formula is C12H19N4O8P. The van der Waals surface area contributed by atoms with Crippen LogP contribution >= 0.6 is 7.87 Å². The molecule has 1 aromatic heterocycles. The Morgan fingerprint density at radius 2 is 2.24 bits per heavy atom. The summed E-state index contributed by atoms with van der Waals surface area (Å²) in [5.74, 6) is -2.66. The van der Waals surface area contributed by atoms with Gasteiger partial charge in [-0.3, -0.25) is 0 Å². The zero-order valence-corrected chi connectivity index (χ0v) is 14.0. The fourth-order valence-electron chi connectivity index (χ4n) is 2.19. The van der Waals surface area contributed by atoms with Crippen LogP contribution in [0.5, 0.6) is 0 Å². The number of anilines is 1. The van der Waals surface area contributed by atoms with Crippen LogP contribution < -0.4 is 16.5 Å². The van der Waals surface area contributed by atoms with Crippen LogP contribution in [0.2, 0.25) is 0 Å². The number of carbonyl (C=O) groups is 2. The number of nitrogens with two attached hydrogens (primary N) is 1. The summed E-state index contributed by atoms with van der Waals surface area (Å²) >= 11 is 0. The van der Waals surface area contributed by atoms with Crippen molar-refractivity contribution in [2.45, 2.75) is 25.1 Å². The van der Waals surface area contributed by atoms with Crippen LogP contribution in [0, 0.1) is 0 Å². The molecule has 0 bridgehead atoms. The summed E-state index contributed by atoms with van der Waals surface area (Å²) in [6, 6.07) is -0.0561. The van der Waals surface area contributed by atoms with Crippen LogP contribution in [0.4, 0.5) is 5.82 Å². The Hall–Kier alpha value is -2.11. The number of carboxylic acid groups (broad SMARTS) is 2. The number of nitrogens with one attached hydrogen (secondary N) is 1. The van der Waals surface area contributed by atoms with Gasteiger partial charge in [-0.1, -0.05) is 0 Å². The molecule has 0 radical (unpaired) electrons. The van der Waals surface area contributed by atoms with Crippen molar-refractivity contribution in [3.8, 4) is 0 Å². The molecule has 13 heteroatoms. The predicted molar refractivity (Wildman–Crippen MR) is 85.9 cm³/mol. The van der Waals surface area contributed by atoms with Crippen LogP contribution in [-0.4, -0.2) is 61.7 Å². The van der Waals surface area contributed by atoms with Gasteiger partial charge in [-0.25, -0.2) is 0 Å².